The summed E-state index contributed by atoms with van der Waals surface area (Å²) < 4.78 is 14.1. The highest BCUT2D eigenvalue weighted by Gasteiger charge is 2.46. The van der Waals surface area contributed by atoms with Gasteiger partial charge in [-0.3, -0.25) is 4.57 Å². The second kappa shape index (κ2) is 13.7. The van der Waals surface area contributed by atoms with E-state index in [-0.39, 0.29) is 17.2 Å². The van der Waals surface area contributed by atoms with Crippen molar-refractivity contribution in [2.24, 2.45) is 0 Å². The minimum atomic E-state index is -1.26. The molecule has 5 N–H and O–H groups in total. The van der Waals surface area contributed by atoms with E-state index < -0.39 is 34.4 Å². The van der Waals surface area contributed by atoms with E-state index in [0.717, 1.165) is 16.7 Å². The molecule has 3 heterocycles. The molecular weight excluding hydrogens is 633 g/mol. The van der Waals surface area contributed by atoms with Crippen LogP contribution in [0.4, 0.5) is 5.95 Å². The summed E-state index contributed by atoms with van der Waals surface area (Å²) in [6, 6.07) is 29.8. The summed E-state index contributed by atoms with van der Waals surface area (Å²) in [4.78, 5) is 11.2. The van der Waals surface area contributed by atoms with Gasteiger partial charge in [-0.2, -0.15) is 0 Å². The molecule has 0 radical (unpaired) electrons. The van der Waals surface area contributed by atoms with E-state index in [1.54, 1.807) is 4.57 Å². The van der Waals surface area contributed by atoms with E-state index in [9.17, 15) is 10.2 Å². The molecule has 1 aliphatic rings. The van der Waals surface area contributed by atoms with Crippen LogP contribution in [0.1, 0.15) is 22.9 Å². The number of nitrogen functional groups attached to an aromatic ring is 1. The molecule has 4 unspecified atom stereocenters. The topological polar surface area (TPSA) is 131 Å². The number of rotatable bonds is 7. The number of aromatic nitrogens is 4. The average Bonchev–Trinajstić information content (AvgIpc) is 3.55. The summed E-state index contributed by atoms with van der Waals surface area (Å²) >= 11 is 19.7. The monoisotopic (exact) mass is 659 g/mol. The summed E-state index contributed by atoms with van der Waals surface area (Å²) in [6.07, 6.45) is -2.81. The van der Waals surface area contributed by atoms with Crippen LogP contribution in [0.25, 0.3) is 11.2 Å². The molecule has 6 rings (SSSR count). The molecule has 1 saturated heterocycles. The van der Waals surface area contributed by atoms with Gasteiger partial charge >= 0.3 is 0 Å². The number of halogens is 3. The molecule has 224 valence electrons. The number of hydrogen-bond acceptors (Lipinski definition) is 8. The Morgan fingerprint density at radius 2 is 1.40 bits per heavy atom. The second-order valence-electron chi connectivity index (χ2n) is 9.66. The molecule has 1 aliphatic heterocycles. The zero-order valence-electron chi connectivity index (χ0n) is 22.5. The standard InChI is InChI=1S/C29H27N5O4S.CHCl3/c30-28-32-25-22(26(39)33-28)31-17-34(25)27-24(36)23(35)21(38-27)16-37-29(18-10-4-1-5-11-18,19-12-6-2-7-13-19)20-14-8-3-9-15-20;2-1(3)4/h1-15,17,21,23-24,27,35-36H,16H2,(H3,30,32,33,39);1H. The molecule has 9 nitrogen and oxygen atoms in total. The van der Waals surface area contributed by atoms with Crippen molar-refractivity contribution in [3.05, 3.63) is 119 Å². The maximum Gasteiger partial charge on any atom is 0.200 e. The summed E-state index contributed by atoms with van der Waals surface area (Å²) in [5.41, 5.74) is 8.48. The lowest BCUT2D eigenvalue weighted by Crippen LogP contribution is -2.39. The number of nitrogens with two attached hydrogens (primary N) is 1. The van der Waals surface area contributed by atoms with Gasteiger partial charge in [0.15, 0.2) is 21.1 Å². The Kier molecular flexibility index (Phi) is 10.0. The van der Waals surface area contributed by atoms with Crippen LogP contribution >= 0.6 is 47.0 Å². The molecular formula is C30H28Cl3N5O4S. The molecule has 0 bridgehead atoms. The van der Waals surface area contributed by atoms with Gasteiger partial charge in [-0.25, -0.2) is 9.97 Å². The zero-order valence-corrected chi connectivity index (χ0v) is 25.6. The van der Waals surface area contributed by atoms with E-state index in [0.29, 0.717) is 11.2 Å². The van der Waals surface area contributed by atoms with E-state index >= 15 is 0 Å². The number of anilines is 1. The Bertz CT molecular complexity index is 1590. The number of aromatic amines is 1. The Balaban J connectivity index is 0.000000868. The van der Waals surface area contributed by atoms with Crippen LogP contribution in [0.3, 0.4) is 0 Å². The number of alkyl halides is 3. The number of hydrogen-bond donors (Lipinski definition) is 4. The molecule has 3 aromatic carbocycles. The van der Waals surface area contributed by atoms with E-state index in [1.807, 2.05) is 91.0 Å². The number of benzene rings is 3. The van der Waals surface area contributed by atoms with Crippen LogP contribution in [0.15, 0.2) is 97.3 Å². The van der Waals surface area contributed by atoms with Gasteiger partial charge in [0.25, 0.3) is 0 Å². The van der Waals surface area contributed by atoms with Gasteiger partial charge in [-0.1, -0.05) is 138 Å². The summed E-state index contributed by atoms with van der Waals surface area (Å²) in [6.45, 7) is -0.0142. The van der Waals surface area contributed by atoms with Crippen LogP contribution in [-0.4, -0.2) is 58.9 Å². The lowest BCUT2D eigenvalue weighted by Gasteiger charge is -2.37. The lowest BCUT2D eigenvalue weighted by atomic mass is 9.80. The third kappa shape index (κ3) is 6.57. The highest BCUT2D eigenvalue weighted by Crippen LogP contribution is 2.42. The first-order chi connectivity index (χ1) is 20.7. The van der Waals surface area contributed by atoms with Crippen molar-refractivity contribution in [1.29, 1.82) is 0 Å². The number of H-pyrrole nitrogens is 1. The van der Waals surface area contributed by atoms with Crippen LogP contribution in [-0.2, 0) is 15.1 Å². The van der Waals surface area contributed by atoms with Gasteiger partial charge in [0, 0.05) is 0 Å². The number of aliphatic hydroxyl groups is 2. The van der Waals surface area contributed by atoms with Crippen molar-refractivity contribution in [2.75, 3.05) is 12.3 Å². The first-order valence-electron chi connectivity index (χ1n) is 13.2. The molecule has 0 aliphatic carbocycles. The number of fused-ring (bicyclic) bond motifs is 1. The fraction of sp³-hybridized carbons (Fsp3) is 0.233. The number of nitrogens with zero attached hydrogens (tertiary/aromatic N) is 3. The van der Waals surface area contributed by atoms with Crippen molar-refractivity contribution in [3.63, 3.8) is 0 Å². The third-order valence-corrected chi connectivity index (χ3v) is 7.37. The lowest BCUT2D eigenvalue weighted by molar-refractivity contribution is -0.0942. The molecule has 5 aromatic rings. The Morgan fingerprint density at radius 1 is 0.907 bits per heavy atom. The van der Waals surface area contributed by atoms with Gasteiger partial charge in [-0.05, 0) is 16.7 Å². The highest BCUT2D eigenvalue weighted by atomic mass is 35.6. The minimum Gasteiger partial charge on any atom is -0.387 e. The fourth-order valence-corrected chi connectivity index (χ4v) is 5.47. The average molecular weight is 661 g/mol. The Hall–Kier alpha value is -3.06. The van der Waals surface area contributed by atoms with Crippen molar-refractivity contribution in [3.8, 4) is 0 Å². The van der Waals surface area contributed by atoms with E-state index in [1.165, 1.54) is 6.33 Å². The van der Waals surface area contributed by atoms with Crippen molar-refractivity contribution < 1.29 is 19.7 Å². The molecule has 2 aromatic heterocycles. The molecule has 43 heavy (non-hydrogen) atoms. The number of imidazole rings is 1. The van der Waals surface area contributed by atoms with Gasteiger partial charge in [-0.15, -0.1) is 0 Å². The van der Waals surface area contributed by atoms with Gasteiger partial charge in [0.2, 0.25) is 0 Å². The predicted octanol–water partition coefficient (Wildman–Crippen LogP) is 5.69. The number of aliphatic hydroxyl groups excluding tert-OH is 2. The second-order valence-corrected chi connectivity index (χ2v) is 12.0. The first kappa shape index (κ1) is 31.4. The first-order valence-corrected chi connectivity index (χ1v) is 14.9. The van der Waals surface area contributed by atoms with Gasteiger partial charge in [0.1, 0.15) is 35.1 Å². The van der Waals surface area contributed by atoms with Crippen LogP contribution in [0, 0.1) is 4.64 Å². The number of ether oxygens (including phenoxy) is 2. The Morgan fingerprint density at radius 3 is 1.88 bits per heavy atom. The predicted molar refractivity (Wildman–Crippen MR) is 170 cm³/mol. The smallest absolute Gasteiger partial charge is 0.200 e. The SMILES string of the molecule is ClC(Cl)Cl.Nc1nc(=S)c2ncn(C3OC(COC(c4ccccc4)(c4ccccc4)c4ccccc4)C(O)C3O)c2[nH]1. The van der Waals surface area contributed by atoms with E-state index in [4.69, 9.17) is 62.2 Å². The normalized spacial score (nSPS) is 20.2. The van der Waals surface area contributed by atoms with Crippen LogP contribution in [0.2, 0.25) is 0 Å². The maximum atomic E-state index is 11.1. The van der Waals surface area contributed by atoms with Crippen molar-refractivity contribution in [1.82, 2.24) is 19.5 Å². The minimum absolute atomic E-state index is 0.0142. The highest BCUT2D eigenvalue weighted by molar-refractivity contribution is 7.71. The van der Waals surface area contributed by atoms with Crippen molar-refractivity contribution in [2.45, 2.75) is 34.4 Å². The molecule has 4 atom stereocenters. The third-order valence-electron chi connectivity index (χ3n) is 7.08. The molecule has 0 spiro atoms. The van der Waals surface area contributed by atoms with Crippen LogP contribution in [0.5, 0.6) is 0 Å². The maximum absolute atomic E-state index is 11.1. The molecule has 0 amide bonds. The van der Waals surface area contributed by atoms with Crippen molar-refractivity contribution >= 4 is 64.1 Å². The molecule has 1 fully saturated rings. The van der Waals surface area contributed by atoms with E-state index in [2.05, 4.69) is 15.0 Å². The summed E-state index contributed by atoms with van der Waals surface area (Å²) in [5, 5.41) is 22.1. The quantitative estimate of drug-likeness (QED) is 0.0996. The Labute approximate surface area is 267 Å². The summed E-state index contributed by atoms with van der Waals surface area (Å²) in [5.74, 6) is 0.112. The van der Waals surface area contributed by atoms with Gasteiger partial charge < -0.3 is 30.4 Å². The largest absolute Gasteiger partial charge is 0.387 e. The molecule has 0 saturated carbocycles. The fourth-order valence-electron chi connectivity index (χ4n) is 5.22. The molecule has 13 heteroatoms. The zero-order chi connectivity index (χ0) is 30.6. The summed E-state index contributed by atoms with van der Waals surface area (Å²) in [7, 11) is 0. The van der Waals surface area contributed by atoms with Crippen LogP contribution < -0.4 is 5.73 Å². The van der Waals surface area contributed by atoms with Gasteiger partial charge in [0.05, 0.1) is 12.9 Å². The number of nitrogens with one attached hydrogen (secondary N) is 1.